The molecule has 0 fully saturated rings. The molecule has 0 bridgehead atoms. The van der Waals surface area contributed by atoms with Gasteiger partial charge in [0.15, 0.2) is 0 Å². The van der Waals surface area contributed by atoms with E-state index in [0.717, 1.165) is 25.7 Å². The molecule has 0 aliphatic rings. The molecular formula is C26H48O11. The first-order valence-electron chi connectivity index (χ1n) is 13.4. The Hall–Kier alpha value is -1.79. The molecule has 0 saturated heterocycles. The highest BCUT2D eigenvalue weighted by Crippen LogP contribution is 2.14. The summed E-state index contributed by atoms with van der Waals surface area (Å²) in [5, 5.41) is 8.52. The number of hydrogen-bond donors (Lipinski definition) is 1. The maximum absolute atomic E-state index is 12.0. The van der Waals surface area contributed by atoms with Crippen LogP contribution in [0.15, 0.2) is 0 Å². The molecule has 0 rings (SSSR count). The molecule has 0 amide bonds. The Morgan fingerprint density at radius 2 is 1.03 bits per heavy atom. The zero-order valence-corrected chi connectivity index (χ0v) is 22.7. The van der Waals surface area contributed by atoms with Gasteiger partial charge in [0.2, 0.25) is 0 Å². The molecule has 1 unspecified atom stereocenters. The Morgan fingerprint density at radius 1 is 0.595 bits per heavy atom. The third-order valence-electron chi connectivity index (χ3n) is 5.20. The van der Waals surface area contributed by atoms with Crippen LogP contribution in [0.1, 0.15) is 65.2 Å². The molecule has 0 spiro atoms. The van der Waals surface area contributed by atoms with Gasteiger partial charge in [0.05, 0.1) is 72.0 Å². The lowest BCUT2D eigenvalue weighted by atomic mass is 10.00. The van der Waals surface area contributed by atoms with Gasteiger partial charge in [0.1, 0.15) is 13.2 Å². The lowest BCUT2D eigenvalue weighted by Crippen LogP contribution is -2.20. The van der Waals surface area contributed by atoms with Crippen molar-refractivity contribution in [2.75, 3.05) is 79.3 Å². The molecule has 218 valence electrons. The van der Waals surface area contributed by atoms with Gasteiger partial charge in [-0.2, -0.15) is 0 Å². The summed E-state index contributed by atoms with van der Waals surface area (Å²) in [7, 11) is 0. The van der Waals surface area contributed by atoms with Gasteiger partial charge in [0.25, 0.3) is 0 Å². The largest absolute Gasteiger partial charge is 0.481 e. The van der Waals surface area contributed by atoms with E-state index in [4.69, 9.17) is 38.3 Å². The SMILES string of the molecule is CCCCC(CC)C(=O)OCCOCCOCCOCCOCCOCCOC(=O)CCCCC(=O)O. The molecule has 0 aliphatic carbocycles. The Kier molecular flexibility index (Phi) is 25.9. The topological polar surface area (TPSA) is 136 Å². The van der Waals surface area contributed by atoms with Crippen LogP contribution in [0, 0.1) is 5.92 Å². The Labute approximate surface area is 221 Å². The molecule has 11 nitrogen and oxygen atoms in total. The van der Waals surface area contributed by atoms with Crippen molar-refractivity contribution in [3.05, 3.63) is 0 Å². The van der Waals surface area contributed by atoms with E-state index in [9.17, 15) is 14.4 Å². The lowest BCUT2D eigenvalue weighted by Gasteiger charge is -2.13. The van der Waals surface area contributed by atoms with Crippen LogP contribution in [0.3, 0.4) is 0 Å². The number of hydrogen-bond acceptors (Lipinski definition) is 10. The number of aliphatic carboxylic acids is 1. The molecule has 37 heavy (non-hydrogen) atoms. The highest BCUT2D eigenvalue weighted by Gasteiger charge is 2.16. The normalized spacial score (nSPS) is 11.8. The molecule has 0 aromatic carbocycles. The van der Waals surface area contributed by atoms with Gasteiger partial charge in [-0.3, -0.25) is 14.4 Å². The van der Waals surface area contributed by atoms with Gasteiger partial charge in [-0.25, -0.2) is 0 Å². The second-order valence-corrected chi connectivity index (χ2v) is 8.30. The number of carbonyl (C=O) groups is 3. The van der Waals surface area contributed by atoms with Crippen molar-refractivity contribution < 1.29 is 52.6 Å². The smallest absolute Gasteiger partial charge is 0.308 e. The molecule has 0 radical (unpaired) electrons. The number of unbranched alkanes of at least 4 members (excludes halogenated alkanes) is 2. The summed E-state index contributed by atoms with van der Waals surface area (Å²) in [6.45, 7) is 8.65. The van der Waals surface area contributed by atoms with E-state index in [-0.39, 0.29) is 50.5 Å². The van der Waals surface area contributed by atoms with Crippen LogP contribution in [0.5, 0.6) is 0 Å². The number of ether oxygens (including phenoxy) is 7. The first kappa shape index (κ1) is 35.2. The van der Waals surface area contributed by atoms with Crippen molar-refractivity contribution in [1.82, 2.24) is 0 Å². The minimum absolute atomic E-state index is 0.0128. The number of carboxylic acids is 1. The average molecular weight is 537 g/mol. The van der Waals surface area contributed by atoms with E-state index in [1.807, 2.05) is 6.92 Å². The lowest BCUT2D eigenvalue weighted by molar-refractivity contribution is -0.150. The predicted octanol–water partition coefficient (Wildman–Crippen LogP) is 3.02. The number of rotatable bonds is 28. The van der Waals surface area contributed by atoms with Gasteiger partial charge >= 0.3 is 17.9 Å². The summed E-state index contributed by atoms with van der Waals surface area (Å²) >= 11 is 0. The monoisotopic (exact) mass is 536 g/mol. The predicted molar refractivity (Wildman–Crippen MR) is 135 cm³/mol. The number of carbonyl (C=O) groups excluding carboxylic acids is 2. The van der Waals surface area contributed by atoms with Gasteiger partial charge in [0, 0.05) is 12.8 Å². The third kappa shape index (κ3) is 25.6. The van der Waals surface area contributed by atoms with E-state index in [1.165, 1.54) is 0 Å². The Morgan fingerprint density at radius 3 is 1.46 bits per heavy atom. The van der Waals surface area contributed by atoms with Crippen LogP contribution in [0.4, 0.5) is 0 Å². The summed E-state index contributed by atoms with van der Waals surface area (Å²) in [6, 6.07) is 0. The molecule has 0 heterocycles. The summed E-state index contributed by atoms with van der Waals surface area (Å²) in [4.78, 5) is 33.8. The fourth-order valence-electron chi connectivity index (χ4n) is 3.07. The van der Waals surface area contributed by atoms with E-state index < -0.39 is 5.97 Å². The summed E-state index contributed by atoms with van der Waals surface area (Å²) in [5.74, 6) is -1.36. The minimum atomic E-state index is -0.863. The zero-order chi connectivity index (χ0) is 27.4. The van der Waals surface area contributed by atoms with E-state index in [2.05, 4.69) is 6.92 Å². The fraction of sp³-hybridized carbons (Fsp3) is 0.885. The van der Waals surface area contributed by atoms with Crippen LogP contribution in [-0.2, 0) is 47.5 Å². The summed E-state index contributed by atoms with van der Waals surface area (Å²) < 4.78 is 37.2. The van der Waals surface area contributed by atoms with Crippen molar-refractivity contribution >= 4 is 17.9 Å². The maximum Gasteiger partial charge on any atom is 0.308 e. The first-order chi connectivity index (χ1) is 18.0. The maximum atomic E-state index is 12.0. The highest BCUT2D eigenvalue weighted by atomic mass is 16.6. The molecule has 1 N–H and O–H groups in total. The standard InChI is InChI=1S/C26H48O11/c1-3-5-8-23(4-2)26(30)37-22-20-35-18-16-33-14-12-31-11-13-32-15-17-34-19-21-36-25(29)10-7-6-9-24(27)28/h23H,3-22H2,1-2H3,(H,27,28). The molecule has 0 aliphatic heterocycles. The van der Waals surface area contributed by atoms with Crippen LogP contribution in [0.25, 0.3) is 0 Å². The van der Waals surface area contributed by atoms with Gasteiger partial charge in [-0.05, 0) is 25.7 Å². The zero-order valence-electron chi connectivity index (χ0n) is 22.7. The fourth-order valence-corrected chi connectivity index (χ4v) is 3.07. The van der Waals surface area contributed by atoms with Crippen LogP contribution in [-0.4, -0.2) is 102 Å². The van der Waals surface area contributed by atoms with Gasteiger partial charge < -0.3 is 38.3 Å². The summed E-state index contributed by atoms with van der Waals surface area (Å²) in [6.07, 6.45) is 5.04. The quantitative estimate of drug-likeness (QED) is 0.117. The highest BCUT2D eigenvalue weighted by molar-refractivity contribution is 5.72. The van der Waals surface area contributed by atoms with Crippen molar-refractivity contribution in [2.45, 2.75) is 65.2 Å². The summed E-state index contributed by atoms with van der Waals surface area (Å²) in [5.41, 5.74) is 0. The van der Waals surface area contributed by atoms with Crippen LogP contribution >= 0.6 is 0 Å². The van der Waals surface area contributed by atoms with Crippen molar-refractivity contribution in [3.8, 4) is 0 Å². The van der Waals surface area contributed by atoms with E-state index in [0.29, 0.717) is 72.3 Å². The second-order valence-electron chi connectivity index (χ2n) is 8.30. The number of carboxylic acid groups (broad SMARTS) is 1. The molecule has 0 aromatic heterocycles. The van der Waals surface area contributed by atoms with E-state index in [1.54, 1.807) is 0 Å². The van der Waals surface area contributed by atoms with Crippen molar-refractivity contribution in [1.29, 1.82) is 0 Å². The van der Waals surface area contributed by atoms with Gasteiger partial charge in [-0.1, -0.05) is 26.7 Å². The van der Waals surface area contributed by atoms with E-state index >= 15 is 0 Å². The molecule has 11 heteroatoms. The van der Waals surface area contributed by atoms with Crippen LogP contribution in [0.2, 0.25) is 0 Å². The van der Waals surface area contributed by atoms with Crippen LogP contribution < -0.4 is 0 Å². The molecular weight excluding hydrogens is 488 g/mol. The van der Waals surface area contributed by atoms with Crippen molar-refractivity contribution in [3.63, 3.8) is 0 Å². The molecule has 1 atom stereocenters. The Bertz CT molecular complexity index is 557. The first-order valence-corrected chi connectivity index (χ1v) is 13.4. The Balaban J connectivity index is 3.26. The number of esters is 2. The third-order valence-corrected chi connectivity index (χ3v) is 5.20. The minimum Gasteiger partial charge on any atom is -0.481 e. The second kappa shape index (κ2) is 27.3. The molecule has 0 aromatic rings. The van der Waals surface area contributed by atoms with Gasteiger partial charge in [-0.15, -0.1) is 0 Å². The van der Waals surface area contributed by atoms with Crippen molar-refractivity contribution in [2.24, 2.45) is 5.92 Å². The average Bonchev–Trinajstić information content (AvgIpc) is 2.88. The molecule has 0 saturated carbocycles.